The number of hydrogen-bond donors (Lipinski definition) is 4. The predicted octanol–water partition coefficient (Wildman–Crippen LogP) is 6.69. The number of hydrogen-bond acceptors (Lipinski definition) is 7. The summed E-state index contributed by atoms with van der Waals surface area (Å²) in [5.74, 6) is 0.424. The summed E-state index contributed by atoms with van der Waals surface area (Å²) in [6.07, 6.45) is 2.77. The van der Waals surface area contributed by atoms with Gasteiger partial charge in [-0.1, -0.05) is 73.5 Å². The summed E-state index contributed by atoms with van der Waals surface area (Å²) in [6.45, 7) is 0.717. The van der Waals surface area contributed by atoms with E-state index in [1.165, 1.54) is 11.1 Å². The van der Waals surface area contributed by atoms with Gasteiger partial charge in [-0.05, 0) is 60.3 Å². The molecule has 0 spiro atoms. The third kappa shape index (κ3) is 7.63. The summed E-state index contributed by atoms with van der Waals surface area (Å²) >= 11 is 7.09. The number of anilines is 2. The maximum Gasteiger partial charge on any atom is 0.192 e. The van der Waals surface area contributed by atoms with Crippen molar-refractivity contribution in [1.82, 2.24) is 4.98 Å². The molecular weight excluding hydrogens is 440 g/mol. The molecule has 0 aliphatic heterocycles. The van der Waals surface area contributed by atoms with Crippen LogP contribution in [0.4, 0.5) is 10.8 Å². The normalized spacial score (nSPS) is 10.3. The Morgan fingerprint density at radius 1 is 0.903 bits per heavy atom. The average molecular weight is 467 g/mol. The number of rotatable bonds is 8. The van der Waals surface area contributed by atoms with E-state index in [0.717, 1.165) is 22.1 Å². The highest BCUT2D eigenvalue weighted by Crippen LogP contribution is 2.27. The van der Waals surface area contributed by atoms with Crippen molar-refractivity contribution in [2.24, 2.45) is 5.73 Å². The van der Waals surface area contributed by atoms with Crippen LogP contribution < -0.4 is 15.2 Å². The van der Waals surface area contributed by atoms with E-state index in [-0.39, 0.29) is 0 Å². The predicted molar refractivity (Wildman–Crippen MR) is 139 cm³/mol. The van der Waals surface area contributed by atoms with E-state index >= 15 is 0 Å². The van der Waals surface area contributed by atoms with Gasteiger partial charge in [0.15, 0.2) is 5.13 Å². The standard InChI is InChI=1S/C15H17N.C9H9N3S3/c16-12-11-15(13-7-3-1-4-8-13)14-9-5-2-6-10-14;13-11-7-1-3-8(4-2-7)15-12-9-10-5-6-14-9/h1-10,15H,11-12,16H2;1-6,11,13H,(H,10,12). The van der Waals surface area contributed by atoms with Gasteiger partial charge in [-0.15, -0.1) is 11.3 Å². The van der Waals surface area contributed by atoms with Crippen LogP contribution in [0.5, 0.6) is 0 Å². The van der Waals surface area contributed by atoms with Crippen molar-refractivity contribution in [3.63, 3.8) is 0 Å². The Hall–Kier alpha value is -2.45. The summed E-state index contributed by atoms with van der Waals surface area (Å²) in [4.78, 5) is 5.26. The molecule has 0 unspecified atom stereocenters. The van der Waals surface area contributed by atoms with Gasteiger partial charge in [-0.25, -0.2) is 4.98 Å². The number of aromatic nitrogens is 1. The van der Waals surface area contributed by atoms with Crippen molar-refractivity contribution in [2.45, 2.75) is 17.2 Å². The molecule has 31 heavy (non-hydrogen) atoms. The highest BCUT2D eigenvalue weighted by molar-refractivity contribution is 8.00. The van der Waals surface area contributed by atoms with Crippen LogP contribution in [-0.2, 0) is 0 Å². The van der Waals surface area contributed by atoms with Crippen LogP contribution in [0.15, 0.2) is 101 Å². The van der Waals surface area contributed by atoms with E-state index in [0.29, 0.717) is 12.5 Å². The second kappa shape index (κ2) is 13.1. The Bertz CT molecular complexity index is 939. The molecule has 0 bridgehead atoms. The second-order valence-corrected chi connectivity index (χ2v) is 8.63. The van der Waals surface area contributed by atoms with Crippen molar-refractivity contribution in [3.05, 3.63) is 108 Å². The fourth-order valence-corrected chi connectivity index (χ4v) is 4.41. The first-order valence-corrected chi connectivity index (χ1v) is 12.1. The van der Waals surface area contributed by atoms with Gasteiger partial charge in [-0.3, -0.25) is 0 Å². The largest absolute Gasteiger partial charge is 0.332 e. The molecule has 3 aromatic carbocycles. The van der Waals surface area contributed by atoms with E-state index in [2.05, 4.69) is 75.8 Å². The molecule has 1 heterocycles. The second-order valence-electron chi connectivity index (χ2n) is 6.63. The number of nitrogens with zero attached hydrogens (tertiary/aromatic N) is 1. The van der Waals surface area contributed by atoms with Gasteiger partial charge in [0.1, 0.15) is 0 Å². The monoisotopic (exact) mass is 466 g/mol. The number of thiazole rings is 1. The lowest BCUT2D eigenvalue weighted by atomic mass is 9.89. The molecule has 1 aromatic heterocycles. The highest BCUT2D eigenvalue weighted by atomic mass is 32.2. The Balaban J connectivity index is 0.000000176. The van der Waals surface area contributed by atoms with Crippen molar-refractivity contribution < 1.29 is 0 Å². The van der Waals surface area contributed by atoms with Crippen LogP contribution >= 0.6 is 36.1 Å². The van der Waals surface area contributed by atoms with E-state index in [1.54, 1.807) is 29.5 Å². The average Bonchev–Trinajstić information content (AvgIpc) is 3.37. The Morgan fingerprint density at radius 2 is 1.52 bits per heavy atom. The molecule has 4 N–H and O–H groups in total. The first-order valence-electron chi connectivity index (χ1n) is 9.92. The van der Waals surface area contributed by atoms with Crippen LogP contribution in [0.2, 0.25) is 0 Å². The van der Waals surface area contributed by atoms with Gasteiger partial charge < -0.3 is 15.2 Å². The number of benzene rings is 3. The molecule has 4 rings (SSSR count). The first kappa shape index (κ1) is 23.2. The number of thiol groups is 1. The zero-order chi connectivity index (χ0) is 21.7. The fraction of sp³-hybridized carbons (Fsp3) is 0.125. The minimum atomic E-state index is 0.424. The Morgan fingerprint density at radius 3 is 2.00 bits per heavy atom. The summed E-state index contributed by atoms with van der Waals surface area (Å²) in [5, 5.41) is 2.85. The van der Waals surface area contributed by atoms with Gasteiger partial charge in [0.25, 0.3) is 0 Å². The maximum atomic E-state index is 5.70. The fourth-order valence-electron chi connectivity index (χ4n) is 3.04. The summed E-state index contributed by atoms with van der Waals surface area (Å²) in [5.41, 5.74) is 9.38. The van der Waals surface area contributed by atoms with E-state index in [1.807, 2.05) is 41.8 Å². The van der Waals surface area contributed by atoms with Crippen LogP contribution in [0.1, 0.15) is 23.5 Å². The smallest absolute Gasteiger partial charge is 0.192 e. The van der Waals surface area contributed by atoms with Gasteiger partial charge in [0.2, 0.25) is 0 Å². The summed E-state index contributed by atoms with van der Waals surface area (Å²) in [6, 6.07) is 29.1. The minimum Gasteiger partial charge on any atom is -0.332 e. The Kier molecular flexibility index (Phi) is 9.79. The third-order valence-corrected chi connectivity index (χ3v) is 6.41. The zero-order valence-electron chi connectivity index (χ0n) is 17.0. The zero-order valence-corrected chi connectivity index (χ0v) is 19.5. The molecular formula is C24H26N4S3. The molecule has 0 atom stereocenters. The molecule has 4 aromatic rings. The van der Waals surface area contributed by atoms with Crippen LogP contribution in [0.3, 0.4) is 0 Å². The van der Waals surface area contributed by atoms with Gasteiger partial charge in [-0.2, -0.15) is 0 Å². The number of nitrogens with two attached hydrogens (primary N) is 1. The highest BCUT2D eigenvalue weighted by Gasteiger charge is 2.12. The Labute approximate surface area is 198 Å². The molecule has 0 aliphatic rings. The lowest BCUT2D eigenvalue weighted by Crippen LogP contribution is -2.08. The third-order valence-electron chi connectivity index (χ3n) is 4.53. The molecule has 0 saturated carbocycles. The van der Waals surface area contributed by atoms with Gasteiger partial charge in [0, 0.05) is 28.1 Å². The first-order chi connectivity index (χ1) is 15.3. The molecule has 0 aliphatic carbocycles. The molecule has 4 nitrogen and oxygen atoms in total. The van der Waals surface area contributed by atoms with Crippen LogP contribution in [0, 0.1) is 0 Å². The minimum absolute atomic E-state index is 0.424. The quantitative estimate of drug-likeness (QED) is 0.172. The van der Waals surface area contributed by atoms with E-state index in [9.17, 15) is 0 Å². The van der Waals surface area contributed by atoms with E-state index in [4.69, 9.17) is 5.73 Å². The lowest BCUT2D eigenvalue weighted by Gasteiger charge is -2.16. The van der Waals surface area contributed by atoms with Crippen molar-refractivity contribution in [3.8, 4) is 0 Å². The van der Waals surface area contributed by atoms with Crippen LogP contribution in [-0.4, -0.2) is 11.5 Å². The van der Waals surface area contributed by atoms with Gasteiger partial charge >= 0.3 is 0 Å². The molecule has 0 radical (unpaired) electrons. The van der Waals surface area contributed by atoms with Gasteiger partial charge in [0.05, 0.1) is 0 Å². The molecule has 0 saturated heterocycles. The molecule has 7 heteroatoms. The van der Waals surface area contributed by atoms with Crippen molar-refractivity contribution in [2.75, 3.05) is 16.0 Å². The topological polar surface area (TPSA) is 63.0 Å². The SMILES string of the molecule is NCCC(c1ccccc1)c1ccccc1.SNc1ccc(SNc2nccs2)cc1. The summed E-state index contributed by atoms with van der Waals surface area (Å²) in [7, 11) is 0. The molecule has 0 amide bonds. The lowest BCUT2D eigenvalue weighted by molar-refractivity contribution is 0.726. The van der Waals surface area contributed by atoms with Crippen molar-refractivity contribution in [1.29, 1.82) is 0 Å². The summed E-state index contributed by atoms with van der Waals surface area (Å²) < 4.78 is 5.94. The molecule has 160 valence electrons. The maximum absolute atomic E-state index is 5.70. The van der Waals surface area contributed by atoms with Crippen molar-refractivity contribution >= 4 is 46.9 Å². The number of nitrogens with one attached hydrogen (secondary N) is 2. The molecule has 0 fully saturated rings. The van der Waals surface area contributed by atoms with E-state index < -0.39 is 0 Å². The van der Waals surface area contributed by atoms with Crippen LogP contribution in [0.25, 0.3) is 0 Å².